The van der Waals surface area contributed by atoms with E-state index in [-0.39, 0.29) is 11.8 Å². The Morgan fingerprint density at radius 2 is 2.09 bits per heavy atom. The van der Waals surface area contributed by atoms with Crippen molar-refractivity contribution in [3.05, 3.63) is 52.5 Å². The molecule has 2 aliphatic rings. The lowest BCUT2D eigenvalue weighted by Crippen LogP contribution is -2.38. The van der Waals surface area contributed by atoms with E-state index < -0.39 is 0 Å². The number of nitrogens with one attached hydrogen (secondary N) is 1. The number of halogens is 1. The first-order valence-corrected chi connectivity index (χ1v) is 12.0. The predicted octanol–water partition coefficient (Wildman–Crippen LogP) is 4.47. The van der Waals surface area contributed by atoms with E-state index in [1.54, 1.807) is 13.3 Å². The zero-order valence-corrected chi connectivity index (χ0v) is 20.2. The van der Waals surface area contributed by atoms with Crippen LogP contribution in [0.2, 0.25) is 0 Å². The van der Waals surface area contributed by atoms with Crippen LogP contribution in [0.1, 0.15) is 31.3 Å². The van der Waals surface area contributed by atoms with Crippen LogP contribution in [0.3, 0.4) is 0 Å². The number of nitrogens with zero attached hydrogens (tertiary/aromatic N) is 6. The van der Waals surface area contributed by atoms with Crippen LogP contribution in [0.5, 0.6) is 0 Å². The van der Waals surface area contributed by atoms with Gasteiger partial charge >= 0.3 is 0 Å². The Balaban J connectivity index is 1.58. The molecule has 1 aliphatic heterocycles. The molecule has 5 rings (SSSR count). The first-order valence-electron chi connectivity index (χ1n) is 11.6. The Hall–Kier alpha value is -2.77. The van der Waals surface area contributed by atoms with E-state index in [9.17, 15) is 0 Å². The molecule has 3 aromatic rings. The molecule has 4 heterocycles. The van der Waals surface area contributed by atoms with E-state index in [4.69, 9.17) is 17.0 Å². The molecule has 7 nitrogen and oxygen atoms in total. The van der Waals surface area contributed by atoms with Crippen molar-refractivity contribution in [3.63, 3.8) is 0 Å². The van der Waals surface area contributed by atoms with Crippen molar-refractivity contribution < 1.29 is 0 Å². The Bertz CT molecular complexity index is 1310. The molecular formula is C25H30ClN7. The van der Waals surface area contributed by atoms with E-state index in [1.165, 1.54) is 25.1 Å². The third kappa shape index (κ3) is 4.04. The Morgan fingerprint density at radius 1 is 1.27 bits per heavy atom. The van der Waals surface area contributed by atoms with Gasteiger partial charge in [0.15, 0.2) is 5.65 Å². The minimum atomic E-state index is 0.226. The second-order valence-electron chi connectivity index (χ2n) is 9.16. The fraction of sp³-hybridized carbons (Fsp3) is 0.440. The first-order chi connectivity index (χ1) is 16.0. The van der Waals surface area contributed by atoms with E-state index in [0.29, 0.717) is 12.1 Å². The molecule has 0 spiro atoms. The third-order valence-corrected chi connectivity index (χ3v) is 7.42. The van der Waals surface area contributed by atoms with Gasteiger partial charge in [-0.15, -0.1) is 10.2 Å². The van der Waals surface area contributed by atoms with Crippen LogP contribution in [-0.2, 0) is 6.54 Å². The van der Waals surface area contributed by atoms with E-state index in [1.807, 2.05) is 13.0 Å². The zero-order chi connectivity index (χ0) is 23.1. The smallest absolute Gasteiger partial charge is 0.161 e. The summed E-state index contributed by atoms with van der Waals surface area (Å²) in [6.45, 7) is 8.21. The molecule has 172 valence electrons. The summed E-state index contributed by atoms with van der Waals surface area (Å²) in [6.07, 6.45) is 8.11. The average molecular weight is 464 g/mol. The molecule has 2 atom stereocenters. The topological polar surface area (TPSA) is 74.6 Å². The van der Waals surface area contributed by atoms with Crippen LogP contribution in [0.4, 0.5) is 0 Å². The summed E-state index contributed by atoms with van der Waals surface area (Å²) >= 11 is 6.73. The van der Waals surface area contributed by atoms with Gasteiger partial charge in [0.1, 0.15) is 5.82 Å². The summed E-state index contributed by atoms with van der Waals surface area (Å²) in [7, 11) is 1.75. The Labute approximate surface area is 199 Å². The summed E-state index contributed by atoms with van der Waals surface area (Å²) in [6, 6.07) is 6.20. The zero-order valence-electron chi connectivity index (χ0n) is 19.4. The van der Waals surface area contributed by atoms with Gasteiger partial charge in [-0.2, -0.15) is 0 Å². The largest absolute Gasteiger partial charge is 0.338 e. The standard InChI is InChI=1S/C25H30ClN7/c1-16-19(11-18(12-20(16)26)14-31-9-4-10-31)15-32-22-5-6-25-30-29-17(2)33(25)24(22)13-23(32)21(27)7-8-28-3/h5-6,8,11-13,16,19,27H,4,7,9-10,14-15H2,1-3H3. The molecule has 1 fully saturated rings. The lowest BCUT2D eigenvalue weighted by atomic mass is 9.86. The van der Waals surface area contributed by atoms with Gasteiger partial charge < -0.3 is 15.0 Å². The van der Waals surface area contributed by atoms with E-state index in [0.717, 1.165) is 46.3 Å². The summed E-state index contributed by atoms with van der Waals surface area (Å²) in [4.78, 5) is 6.55. The number of aliphatic imine (C=N–C) groups is 1. The minimum absolute atomic E-state index is 0.226. The predicted molar refractivity (Wildman–Crippen MR) is 135 cm³/mol. The number of pyridine rings is 1. The molecule has 8 heteroatoms. The maximum absolute atomic E-state index is 8.79. The highest BCUT2D eigenvalue weighted by molar-refractivity contribution is 6.30. The van der Waals surface area contributed by atoms with Crippen LogP contribution in [0.25, 0.3) is 16.7 Å². The number of aryl methyl sites for hydroxylation is 1. The molecule has 0 bridgehead atoms. The highest BCUT2D eigenvalue weighted by Crippen LogP contribution is 2.35. The number of aromatic nitrogens is 4. The van der Waals surface area contributed by atoms with Crippen molar-refractivity contribution in [2.24, 2.45) is 16.8 Å². The number of fused-ring (bicyclic) bond motifs is 3. The van der Waals surface area contributed by atoms with Gasteiger partial charge in [0.2, 0.25) is 0 Å². The van der Waals surface area contributed by atoms with Crippen molar-refractivity contribution in [2.75, 3.05) is 26.7 Å². The van der Waals surface area contributed by atoms with E-state index >= 15 is 0 Å². The average Bonchev–Trinajstić information content (AvgIpc) is 3.33. The second-order valence-corrected chi connectivity index (χ2v) is 9.60. The fourth-order valence-corrected chi connectivity index (χ4v) is 5.18. The van der Waals surface area contributed by atoms with Gasteiger partial charge in [-0.25, -0.2) is 0 Å². The maximum atomic E-state index is 8.79. The quantitative estimate of drug-likeness (QED) is 0.525. The minimum Gasteiger partial charge on any atom is -0.338 e. The molecule has 1 saturated heterocycles. The van der Waals surface area contributed by atoms with Gasteiger partial charge in [-0.05, 0) is 62.2 Å². The lowest BCUT2D eigenvalue weighted by molar-refractivity contribution is 0.199. The Kier molecular flexibility index (Phi) is 5.93. The number of hydrogen-bond donors (Lipinski definition) is 1. The molecule has 0 saturated carbocycles. The maximum Gasteiger partial charge on any atom is 0.161 e. The van der Waals surface area contributed by atoms with E-state index in [2.05, 4.69) is 60.3 Å². The van der Waals surface area contributed by atoms with Gasteiger partial charge in [0.05, 0.1) is 22.4 Å². The summed E-state index contributed by atoms with van der Waals surface area (Å²) in [5.74, 6) is 1.32. The molecule has 0 radical (unpaired) electrons. The van der Waals surface area contributed by atoms with Gasteiger partial charge in [0.25, 0.3) is 0 Å². The summed E-state index contributed by atoms with van der Waals surface area (Å²) in [5, 5.41) is 18.2. The lowest BCUT2D eigenvalue weighted by Gasteiger charge is -2.33. The van der Waals surface area contributed by atoms with Crippen molar-refractivity contribution in [1.82, 2.24) is 24.1 Å². The molecule has 33 heavy (non-hydrogen) atoms. The highest BCUT2D eigenvalue weighted by atomic mass is 35.5. The van der Waals surface area contributed by atoms with Crippen LogP contribution >= 0.6 is 11.6 Å². The highest BCUT2D eigenvalue weighted by Gasteiger charge is 2.27. The van der Waals surface area contributed by atoms with Crippen LogP contribution in [-0.4, -0.2) is 62.7 Å². The van der Waals surface area contributed by atoms with Crippen LogP contribution in [0.15, 0.2) is 45.9 Å². The molecule has 2 unspecified atom stereocenters. The molecule has 3 aromatic heterocycles. The molecular weight excluding hydrogens is 434 g/mol. The second kappa shape index (κ2) is 8.88. The monoisotopic (exact) mass is 463 g/mol. The van der Waals surface area contributed by atoms with Crippen molar-refractivity contribution in [1.29, 1.82) is 5.41 Å². The van der Waals surface area contributed by atoms with Crippen molar-refractivity contribution in [3.8, 4) is 0 Å². The third-order valence-electron chi connectivity index (χ3n) is 6.96. The fourth-order valence-electron chi connectivity index (χ4n) is 4.87. The Morgan fingerprint density at radius 3 is 2.82 bits per heavy atom. The van der Waals surface area contributed by atoms with Gasteiger partial charge in [0, 0.05) is 43.7 Å². The summed E-state index contributed by atoms with van der Waals surface area (Å²) in [5.41, 5.74) is 5.67. The summed E-state index contributed by atoms with van der Waals surface area (Å²) < 4.78 is 4.34. The SMILES string of the molecule is CN=CCC(=N)c1cc2c(ccc3nnc(C)n32)n1CC1C=C(CN2CCC2)C=C(Cl)C1C. The van der Waals surface area contributed by atoms with Crippen molar-refractivity contribution >= 4 is 40.2 Å². The van der Waals surface area contributed by atoms with Crippen LogP contribution < -0.4 is 0 Å². The van der Waals surface area contributed by atoms with Gasteiger partial charge in [-0.3, -0.25) is 9.30 Å². The number of rotatable bonds is 7. The normalized spacial score (nSPS) is 21.6. The first kappa shape index (κ1) is 22.0. The van der Waals surface area contributed by atoms with Crippen LogP contribution in [0, 0.1) is 24.2 Å². The van der Waals surface area contributed by atoms with Gasteiger partial charge in [-0.1, -0.05) is 24.6 Å². The molecule has 0 amide bonds. The molecule has 1 N–H and O–H groups in total. The van der Waals surface area contributed by atoms with Crippen molar-refractivity contribution in [2.45, 2.75) is 33.2 Å². The number of hydrogen-bond acceptors (Lipinski definition) is 5. The molecule has 1 aliphatic carbocycles. The molecule has 0 aromatic carbocycles. The number of allylic oxidation sites excluding steroid dienone is 2. The number of likely N-dealkylation sites (tertiary alicyclic amines) is 1.